The van der Waals surface area contributed by atoms with Gasteiger partial charge in [0.1, 0.15) is 13.5 Å². The van der Waals surface area contributed by atoms with Crippen molar-refractivity contribution in [1.82, 2.24) is 4.90 Å². The van der Waals surface area contributed by atoms with Crippen LogP contribution in [0.2, 0.25) is 19.6 Å². The van der Waals surface area contributed by atoms with Gasteiger partial charge >= 0.3 is 0 Å². The largest absolute Gasteiger partial charge is 0.359 e. The highest BCUT2D eigenvalue weighted by Gasteiger charge is 2.18. The maximum Gasteiger partial charge on any atom is 0.148 e. The lowest BCUT2D eigenvalue weighted by molar-refractivity contribution is -0.0719. The van der Waals surface area contributed by atoms with E-state index in [1.165, 1.54) is 5.56 Å². The van der Waals surface area contributed by atoms with E-state index in [0.717, 1.165) is 12.7 Å². The summed E-state index contributed by atoms with van der Waals surface area (Å²) in [6.45, 7) is 9.06. The van der Waals surface area contributed by atoms with Gasteiger partial charge in [0.2, 0.25) is 0 Å². The van der Waals surface area contributed by atoms with E-state index in [4.69, 9.17) is 9.47 Å². The maximum absolute atomic E-state index is 5.49. The van der Waals surface area contributed by atoms with Gasteiger partial charge in [0, 0.05) is 13.7 Å². The molecular formula is C14H25NO2Si. The summed E-state index contributed by atoms with van der Waals surface area (Å²) in [5, 5.41) is 0. The zero-order valence-corrected chi connectivity index (χ0v) is 13.0. The number of hydrogen-bond donors (Lipinski definition) is 0. The van der Waals surface area contributed by atoms with Crippen molar-refractivity contribution < 1.29 is 9.47 Å². The van der Waals surface area contributed by atoms with E-state index >= 15 is 0 Å². The minimum Gasteiger partial charge on any atom is -0.359 e. The van der Waals surface area contributed by atoms with Crippen LogP contribution in [0.25, 0.3) is 0 Å². The second-order valence-electron chi connectivity index (χ2n) is 5.77. The Balaban J connectivity index is 2.54. The van der Waals surface area contributed by atoms with Crippen LogP contribution in [-0.4, -0.2) is 39.8 Å². The molecule has 0 amide bonds. The van der Waals surface area contributed by atoms with Crippen molar-refractivity contribution in [2.45, 2.75) is 26.2 Å². The lowest BCUT2D eigenvalue weighted by Crippen LogP contribution is -2.41. The molecule has 18 heavy (non-hydrogen) atoms. The van der Waals surface area contributed by atoms with Gasteiger partial charge in [0.25, 0.3) is 0 Å². The third-order valence-corrected chi connectivity index (χ3v) is 3.82. The molecule has 0 unspecified atom stereocenters. The summed E-state index contributed by atoms with van der Waals surface area (Å²) < 4.78 is 10.4. The number of ether oxygens (including phenoxy) is 2. The van der Waals surface area contributed by atoms with E-state index in [0.29, 0.717) is 13.5 Å². The molecule has 0 bridgehead atoms. The maximum atomic E-state index is 5.49. The van der Waals surface area contributed by atoms with Gasteiger partial charge in [-0.3, -0.25) is 4.90 Å². The fraction of sp³-hybridized carbons (Fsp3) is 0.571. The lowest BCUT2D eigenvalue weighted by atomic mass is 10.2. The Kier molecular flexibility index (Phi) is 6.57. The molecular weight excluding hydrogens is 242 g/mol. The molecule has 0 N–H and O–H groups in total. The predicted octanol–water partition coefficient (Wildman–Crippen LogP) is 2.94. The molecule has 0 spiro atoms. The van der Waals surface area contributed by atoms with Crippen LogP contribution in [-0.2, 0) is 16.0 Å². The van der Waals surface area contributed by atoms with E-state index < -0.39 is 8.07 Å². The Hall–Kier alpha value is -0.683. The summed E-state index contributed by atoms with van der Waals surface area (Å²) in [7, 11) is 0.524. The Morgan fingerprint density at radius 3 is 2.33 bits per heavy atom. The van der Waals surface area contributed by atoms with E-state index in [1.54, 1.807) is 7.11 Å². The second kappa shape index (κ2) is 7.69. The van der Waals surface area contributed by atoms with Crippen LogP contribution in [0.3, 0.4) is 0 Å². The third-order valence-electron chi connectivity index (χ3n) is 2.42. The summed E-state index contributed by atoms with van der Waals surface area (Å²) >= 11 is 0. The summed E-state index contributed by atoms with van der Waals surface area (Å²) in [4.78, 5) is 2.36. The van der Waals surface area contributed by atoms with E-state index in [1.807, 2.05) is 6.07 Å². The average molecular weight is 267 g/mol. The minimum absolute atomic E-state index is 0.358. The standard InChI is InChI=1S/C14H25NO2Si/c1-16-13-17-11-15(12-18(2,3)4)10-14-8-6-5-7-9-14/h5-9H,10-13H2,1-4H3. The average Bonchev–Trinajstić information content (AvgIpc) is 2.28. The van der Waals surface area contributed by atoms with Gasteiger partial charge < -0.3 is 9.47 Å². The smallest absolute Gasteiger partial charge is 0.148 e. The monoisotopic (exact) mass is 267 g/mol. The Morgan fingerprint density at radius 2 is 1.78 bits per heavy atom. The number of hydrogen-bond acceptors (Lipinski definition) is 3. The zero-order chi connectivity index (χ0) is 13.4. The molecule has 0 aliphatic carbocycles. The Bertz CT molecular complexity index is 324. The first-order chi connectivity index (χ1) is 8.51. The van der Waals surface area contributed by atoms with E-state index in [2.05, 4.69) is 48.8 Å². The van der Waals surface area contributed by atoms with E-state index in [9.17, 15) is 0 Å². The zero-order valence-electron chi connectivity index (χ0n) is 12.0. The van der Waals surface area contributed by atoms with Crippen LogP contribution in [0, 0.1) is 0 Å². The number of nitrogens with zero attached hydrogens (tertiary/aromatic N) is 1. The molecule has 0 saturated heterocycles. The number of benzene rings is 1. The number of methoxy groups -OCH3 is 1. The van der Waals surface area contributed by atoms with E-state index in [-0.39, 0.29) is 0 Å². The van der Waals surface area contributed by atoms with Gasteiger partial charge in [-0.1, -0.05) is 50.0 Å². The molecule has 3 nitrogen and oxygen atoms in total. The quantitative estimate of drug-likeness (QED) is 0.411. The molecule has 0 aliphatic heterocycles. The Labute approximate surface area is 112 Å². The van der Waals surface area contributed by atoms with Crippen molar-refractivity contribution in [3.8, 4) is 0 Å². The molecule has 0 heterocycles. The van der Waals surface area contributed by atoms with Gasteiger partial charge in [0.15, 0.2) is 0 Å². The van der Waals surface area contributed by atoms with Crippen molar-refractivity contribution in [3.05, 3.63) is 35.9 Å². The summed E-state index contributed by atoms with van der Waals surface area (Å²) in [6.07, 6.45) is 1.13. The van der Waals surface area contributed by atoms with Crippen molar-refractivity contribution in [2.24, 2.45) is 0 Å². The van der Waals surface area contributed by atoms with Gasteiger partial charge in [-0.15, -0.1) is 0 Å². The molecule has 1 rings (SSSR count). The molecule has 1 aromatic rings. The fourth-order valence-electron chi connectivity index (χ4n) is 1.91. The molecule has 0 radical (unpaired) electrons. The first-order valence-electron chi connectivity index (χ1n) is 6.34. The minimum atomic E-state index is -1.13. The SMILES string of the molecule is COCOCN(Cc1ccccc1)C[Si](C)(C)C. The van der Waals surface area contributed by atoms with Gasteiger partial charge in [-0.25, -0.2) is 0 Å². The van der Waals surface area contributed by atoms with Crippen molar-refractivity contribution in [1.29, 1.82) is 0 Å². The van der Waals surface area contributed by atoms with Gasteiger partial charge in [-0.05, 0) is 11.7 Å². The van der Waals surface area contributed by atoms with Crippen LogP contribution >= 0.6 is 0 Å². The van der Waals surface area contributed by atoms with Crippen molar-refractivity contribution in [2.75, 3.05) is 26.8 Å². The van der Waals surface area contributed by atoms with Gasteiger partial charge in [0.05, 0.1) is 8.07 Å². The second-order valence-corrected chi connectivity index (χ2v) is 11.2. The lowest BCUT2D eigenvalue weighted by Gasteiger charge is -2.28. The third kappa shape index (κ3) is 6.91. The number of rotatable bonds is 8. The summed E-state index contributed by atoms with van der Waals surface area (Å²) in [6, 6.07) is 10.5. The molecule has 4 heteroatoms. The molecule has 0 saturated carbocycles. The Morgan fingerprint density at radius 1 is 1.11 bits per heavy atom. The van der Waals surface area contributed by atoms with Crippen LogP contribution in [0.5, 0.6) is 0 Å². The van der Waals surface area contributed by atoms with Crippen molar-refractivity contribution >= 4 is 8.07 Å². The topological polar surface area (TPSA) is 21.7 Å². The summed E-state index contributed by atoms with van der Waals surface area (Å²) in [5.74, 6) is 0. The highest BCUT2D eigenvalue weighted by Crippen LogP contribution is 2.09. The van der Waals surface area contributed by atoms with Crippen LogP contribution in [0.1, 0.15) is 5.56 Å². The van der Waals surface area contributed by atoms with Crippen molar-refractivity contribution in [3.63, 3.8) is 0 Å². The molecule has 1 aromatic carbocycles. The first-order valence-corrected chi connectivity index (χ1v) is 10.0. The first kappa shape index (κ1) is 15.4. The molecule has 102 valence electrons. The highest BCUT2D eigenvalue weighted by atomic mass is 28.3. The summed E-state index contributed by atoms with van der Waals surface area (Å²) in [5.41, 5.74) is 1.33. The normalized spacial score (nSPS) is 12.1. The highest BCUT2D eigenvalue weighted by molar-refractivity contribution is 6.76. The molecule has 0 atom stereocenters. The molecule has 0 aliphatic rings. The van der Waals surface area contributed by atoms with Crippen LogP contribution in [0.15, 0.2) is 30.3 Å². The van der Waals surface area contributed by atoms with Crippen LogP contribution in [0.4, 0.5) is 0 Å². The van der Waals surface area contributed by atoms with Gasteiger partial charge in [-0.2, -0.15) is 0 Å². The van der Waals surface area contributed by atoms with Crippen LogP contribution < -0.4 is 0 Å². The fourth-order valence-corrected chi connectivity index (χ4v) is 3.45. The molecule has 0 aromatic heterocycles. The molecule has 0 fully saturated rings. The predicted molar refractivity (Wildman–Crippen MR) is 78.0 cm³/mol.